The Labute approximate surface area is 99.4 Å². The molecule has 0 fully saturated rings. The lowest BCUT2D eigenvalue weighted by Gasteiger charge is -2.11. The van der Waals surface area contributed by atoms with Crippen LogP contribution in [0.2, 0.25) is 0 Å². The second-order valence-electron chi connectivity index (χ2n) is 3.26. The second kappa shape index (κ2) is 9.56. The van der Waals surface area contributed by atoms with Crippen LogP contribution in [0.1, 0.15) is 34.1 Å². The smallest absolute Gasteiger partial charge is 0.348 e. The minimum absolute atomic E-state index is 0.279. The molecule has 0 N–H and O–H groups in total. The molecule has 5 heteroatoms. The van der Waals surface area contributed by atoms with Crippen LogP contribution in [0.15, 0.2) is 11.3 Å². The van der Waals surface area contributed by atoms with Crippen LogP contribution in [0.3, 0.4) is 0 Å². The molecule has 0 saturated carbocycles. The molecule has 0 atom stereocenters. The molecule has 16 heavy (non-hydrogen) atoms. The van der Waals surface area contributed by atoms with Crippen molar-refractivity contribution >= 4 is 15.3 Å². The van der Waals surface area contributed by atoms with Crippen molar-refractivity contribution in [2.75, 3.05) is 19.8 Å². The number of ether oxygens (including phenoxy) is 1. The van der Waals surface area contributed by atoms with Crippen molar-refractivity contribution in [2.45, 2.75) is 34.1 Å². The van der Waals surface area contributed by atoms with Crippen LogP contribution in [-0.2, 0) is 18.4 Å². The summed E-state index contributed by atoms with van der Waals surface area (Å²) in [7, 11) is -1.84. The van der Waals surface area contributed by atoms with E-state index in [2.05, 4.69) is 0 Å². The van der Waals surface area contributed by atoms with Crippen LogP contribution in [0, 0.1) is 0 Å². The molecule has 94 valence electrons. The zero-order valence-electron chi connectivity index (χ0n) is 10.6. The molecule has 0 heterocycles. The summed E-state index contributed by atoms with van der Waals surface area (Å²) in [6.45, 7) is 9.18. The van der Waals surface area contributed by atoms with E-state index < -0.39 is 9.28 Å². The highest BCUT2D eigenvalue weighted by molar-refractivity contribution is 6.51. The number of hydrogen-bond donors (Lipinski definition) is 0. The Morgan fingerprint density at radius 2 is 1.75 bits per heavy atom. The number of carbonyl (C=O) groups is 1. The van der Waals surface area contributed by atoms with Crippen molar-refractivity contribution in [1.29, 1.82) is 0 Å². The van der Waals surface area contributed by atoms with Gasteiger partial charge in [-0.25, -0.2) is 4.79 Å². The Bertz CT molecular complexity index is 222. The topological polar surface area (TPSA) is 44.8 Å². The van der Waals surface area contributed by atoms with Gasteiger partial charge in [0.2, 0.25) is 0 Å². The average Bonchev–Trinajstić information content (AvgIpc) is 2.26. The molecule has 0 amide bonds. The zero-order chi connectivity index (χ0) is 12.4. The van der Waals surface area contributed by atoms with Gasteiger partial charge in [0.15, 0.2) is 0 Å². The third kappa shape index (κ3) is 6.76. The Morgan fingerprint density at radius 3 is 2.19 bits per heavy atom. The highest BCUT2D eigenvalue weighted by Gasteiger charge is 2.13. The fourth-order valence-electron chi connectivity index (χ4n) is 1.05. The molecule has 0 unspecified atom stereocenters. The molecule has 0 aromatic heterocycles. The van der Waals surface area contributed by atoms with E-state index in [1.807, 2.05) is 20.8 Å². The fourth-order valence-corrected chi connectivity index (χ4v) is 2.54. The molecule has 4 nitrogen and oxygen atoms in total. The molecule has 0 saturated heterocycles. The molecule has 0 aromatic carbocycles. The molecular formula is C11H22O4Si. The largest absolute Gasteiger partial charge is 0.462 e. The monoisotopic (exact) mass is 246 g/mol. The summed E-state index contributed by atoms with van der Waals surface area (Å²) in [5.74, 6) is -0.279. The predicted octanol–water partition coefficient (Wildman–Crippen LogP) is 1.72. The molecule has 0 aliphatic carbocycles. The first kappa shape index (κ1) is 15.3. The fraction of sp³-hybridized carbons (Fsp3) is 0.727. The molecule has 0 bridgehead atoms. The van der Waals surface area contributed by atoms with Crippen LogP contribution >= 0.6 is 0 Å². The van der Waals surface area contributed by atoms with Gasteiger partial charge in [0.25, 0.3) is 0 Å². The molecule has 0 aromatic rings. The summed E-state index contributed by atoms with van der Waals surface area (Å²) in [4.78, 5) is 11.5. The number of carbonyl (C=O) groups excluding carboxylic acids is 1. The maximum Gasteiger partial charge on any atom is 0.348 e. The van der Waals surface area contributed by atoms with E-state index in [4.69, 9.17) is 13.6 Å². The minimum atomic E-state index is -1.84. The van der Waals surface area contributed by atoms with E-state index in [1.165, 1.54) is 0 Å². The summed E-state index contributed by atoms with van der Waals surface area (Å²) < 4.78 is 15.9. The van der Waals surface area contributed by atoms with Crippen LogP contribution < -0.4 is 0 Å². The van der Waals surface area contributed by atoms with Gasteiger partial charge in [0.1, 0.15) is 0 Å². The van der Waals surface area contributed by atoms with Crippen molar-refractivity contribution in [1.82, 2.24) is 0 Å². The molecule has 0 spiro atoms. The van der Waals surface area contributed by atoms with Gasteiger partial charge in [-0.15, -0.1) is 0 Å². The van der Waals surface area contributed by atoms with Crippen molar-refractivity contribution in [3.63, 3.8) is 0 Å². The lowest BCUT2D eigenvalue weighted by molar-refractivity contribution is -0.138. The Morgan fingerprint density at radius 1 is 1.19 bits per heavy atom. The highest BCUT2D eigenvalue weighted by atomic mass is 28.3. The van der Waals surface area contributed by atoms with Crippen LogP contribution in [0.5, 0.6) is 0 Å². The first-order valence-electron chi connectivity index (χ1n) is 5.74. The average molecular weight is 246 g/mol. The van der Waals surface area contributed by atoms with Gasteiger partial charge >= 0.3 is 15.3 Å². The number of esters is 1. The lowest BCUT2D eigenvalue weighted by Crippen LogP contribution is -2.22. The standard InChI is InChI=1S/C11H22O4Si/c1-5-8-13-11(12)10(4)9-16(14-6-2)15-7-3/h9,16H,5-8H2,1-4H3. The molecule has 0 aliphatic heterocycles. The third-order valence-corrected chi connectivity index (χ3v) is 3.90. The van der Waals surface area contributed by atoms with E-state index in [-0.39, 0.29) is 5.97 Å². The van der Waals surface area contributed by atoms with Gasteiger partial charge in [-0.2, -0.15) is 0 Å². The summed E-state index contributed by atoms with van der Waals surface area (Å²) in [6.07, 6.45) is 0.830. The summed E-state index contributed by atoms with van der Waals surface area (Å²) in [5.41, 5.74) is 2.36. The van der Waals surface area contributed by atoms with Crippen molar-refractivity contribution in [2.24, 2.45) is 0 Å². The number of rotatable bonds is 8. The van der Waals surface area contributed by atoms with E-state index in [1.54, 1.807) is 12.6 Å². The van der Waals surface area contributed by atoms with Crippen LogP contribution in [0.4, 0.5) is 0 Å². The van der Waals surface area contributed by atoms with Crippen molar-refractivity contribution in [3.05, 3.63) is 11.3 Å². The highest BCUT2D eigenvalue weighted by Crippen LogP contribution is 2.02. The van der Waals surface area contributed by atoms with Gasteiger partial charge in [-0.1, -0.05) is 6.92 Å². The molecular weight excluding hydrogens is 224 g/mol. The molecule has 0 rings (SSSR count). The number of hydrogen-bond acceptors (Lipinski definition) is 4. The third-order valence-electron chi connectivity index (χ3n) is 1.81. The molecule has 0 aliphatic rings. The minimum Gasteiger partial charge on any atom is -0.462 e. The van der Waals surface area contributed by atoms with Crippen LogP contribution in [0.25, 0.3) is 0 Å². The normalized spacial score (nSPS) is 11.9. The predicted molar refractivity (Wildman–Crippen MR) is 65.4 cm³/mol. The van der Waals surface area contributed by atoms with Gasteiger partial charge in [-0.05, 0) is 32.9 Å². The zero-order valence-corrected chi connectivity index (χ0v) is 11.8. The van der Waals surface area contributed by atoms with E-state index in [0.717, 1.165) is 6.42 Å². The second-order valence-corrected chi connectivity index (χ2v) is 5.00. The first-order valence-corrected chi connectivity index (χ1v) is 7.35. The summed E-state index contributed by atoms with van der Waals surface area (Å²) in [6, 6.07) is 0. The summed E-state index contributed by atoms with van der Waals surface area (Å²) in [5, 5.41) is 0. The maximum atomic E-state index is 11.5. The van der Waals surface area contributed by atoms with Crippen LogP contribution in [-0.4, -0.2) is 35.1 Å². The Hall–Kier alpha value is -0.653. The van der Waals surface area contributed by atoms with Crippen molar-refractivity contribution in [3.8, 4) is 0 Å². The van der Waals surface area contributed by atoms with Crippen molar-refractivity contribution < 1.29 is 18.4 Å². The lowest BCUT2D eigenvalue weighted by atomic mass is 10.4. The van der Waals surface area contributed by atoms with Gasteiger partial charge in [-0.3, -0.25) is 0 Å². The van der Waals surface area contributed by atoms with Gasteiger partial charge in [0, 0.05) is 18.8 Å². The van der Waals surface area contributed by atoms with Gasteiger partial charge in [0.05, 0.1) is 6.61 Å². The summed E-state index contributed by atoms with van der Waals surface area (Å²) >= 11 is 0. The maximum absolute atomic E-state index is 11.5. The Kier molecular flexibility index (Phi) is 9.17. The first-order chi connectivity index (χ1) is 7.65. The Balaban J connectivity index is 4.27. The van der Waals surface area contributed by atoms with Gasteiger partial charge < -0.3 is 13.6 Å². The van der Waals surface area contributed by atoms with E-state index in [0.29, 0.717) is 25.4 Å². The SMILES string of the molecule is CCCOC(=O)C(C)=C[SiH](OCC)OCC. The molecule has 0 radical (unpaired) electrons. The van der Waals surface area contributed by atoms with E-state index >= 15 is 0 Å². The quantitative estimate of drug-likeness (QED) is 0.371. The van der Waals surface area contributed by atoms with E-state index in [9.17, 15) is 4.79 Å².